The molecule has 3 nitrogen and oxygen atoms in total. The summed E-state index contributed by atoms with van der Waals surface area (Å²) >= 11 is 0. The van der Waals surface area contributed by atoms with Crippen LogP contribution in [0.25, 0.3) is 0 Å². The molecule has 0 heterocycles. The van der Waals surface area contributed by atoms with Crippen LogP contribution in [0.4, 0.5) is 8.78 Å². The molecule has 2 fully saturated rings. The molecule has 3 rings (SSSR count). The Labute approximate surface area is 230 Å². The van der Waals surface area contributed by atoms with Crippen molar-refractivity contribution in [2.75, 3.05) is 6.61 Å². The number of benzene rings is 1. The molecule has 2 aliphatic rings. The summed E-state index contributed by atoms with van der Waals surface area (Å²) in [6.07, 6.45) is 18.5. The highest BCUT2D eigenvalue weighted by atomic mass is 19.1. The minimum absolute atomic E-state index is 0.00397. The van der Waals surface area contributed by atoms with Crippen molar-refractivity contribution in [3.63, 3.8) is 0 Å². The minimum Gasteiger partial charge on any atom is -0.487 e. The highest BCUT2D eigenvalue weighted by molar-refractivity contribution is 5.72. The molecular weight excluding hydrogens is 482 g/mol. The topological polar surface area (TPSA) is 35.5 Å². The van der Waals surface area contributed by atoms with E-state index >= 15 is 0 Å². The number of unbranched alkanes of at least 4 members (excludes halogenated alkanes) is 6. The first-order chi connectivity index (χ1) is 18.5. The second kappa shape index (κ2) is 17.1. The lowest BCUT2D eigenvalue weighted by atomic mass is 9.79. The van der Waals surface area contributed by atoms with Gasteiger partial charge >= 0.3 is 5.97 Å². The van der Waals surface area contributed by atoms with E-state index in [4.69, 9.17) is 9.47 Å². The third-order valence-electron chi connectivity index (χ3n) is 8.89. The van der Waals surface area contributed by atoms with Gasteiger partial charge in [-0.2, -0.15) is 0 Å². The van der Waals surface area contributed by atoms with E-state index in [-0.39, 0.29) is 36.3 Å². The number of aryl methyl sites for hydroxylation is 1. The Morgan fingerprint density at radius 2 is 1.55 bits per heavy atom. The maximum absolute atomic E-state index is 14.6. The van der Waals surface area contributed by atoms with Crippen LogP contribution in [0, 0.1) is 23.6 Å². The SMILES string of the molecule is CCCCCCCCCC1CCC(C(=O)OC2CCC(CC(F)COc3ccc(CC)cc3F)CC2)CC1. The summed E-state index contributed by atoms with van der Waals surface area (Å²) < 4.78 is 39.9. The van der Waals surface area contributed by atoms with Gasteiger partial charge < -0.3 is 9.47 Å². The van der Waals surface area contributed by atoms with E-state index in [2.05, 4.69) is 6.92 Å². The molecule has 2 saturated carbocycles. The Morgan fingerprint density at radius 1 is 0.895 bits per heavy atom. The van der Waals surface area contributed by atoms with Crippen LogP contribution in [0.2, 0.25) is 0 Å². The van der Waals surface area contributed by atoms with Crippen LogP contribution in [-0.4, -0.2) is 24.9 Å². The highest BCUT2D eigenvalue weighted by Crippen LogP contribution is 2.35. The monoisotopic (exact) mass is 534 g/mol. The van der Waals surface area contributed by atoms with E-state index in [1.54, 1.807) is 6.07 Å². The molecular formula is C33H52F2O3. The molecule has 0 bridgehead atoms. The van der Waals surface area contributed by atoms with E-state index in [1.165, 1.54) is 57.4 Å². The number of alkyl halides is 1. The molecule has 0 N–H and O–H groups in total. The number of rotatable bonds is 16. The first-order valence-corrected chi connectivity index (χ1v) is 15.7. The van der Waals surface area contributed by atoms with Crippen LogP contribution < -0.4 is 4.74 Å². The van der Waals surface area contributed by atoms with Crippen molar-refractivity contribution in [3.05, 3.63) is 29.6 Å². The van der Waals surface area contributed by atoms with Gasteiger partial charge in [-0.25, -0.2) is 8.78 Å². The molecule has 0 aromatic heterocycles. The number of carbonyl (C=O) groups is 1. The van der Waals surface area contributed by atoms with Crippen molar-refractivity contribution in [1.29, 1.82) is 0 Å². The molecule has 0 saturated heterocycles. The molecule has 1 aromatic rings. The van der Waals surface area contributed by atoms with Gasteiger partial charge in [0.1, 0.15) is 18.9 Å². The van der Waals surface area contributed by atoms with Gasteiger partial charge in [0.05, 0.1) is 5.92 Å². The molecule has 1 unspecified atom stereocenters. The fourth-order valence-corrected chi connectivity index (χ4v) is 6.31. The lowest BCUT2D eigenvalue weighted by Gasteiger charge is -2.32. The first kappa shape index (κ1) is 30.9. The second-order valence-corrected chi connectivity index (χ2v) is 12.0. The second-order valence-electron chi connectivity index (χ2n) is 12.0. The van der Waals surface area contributed by atoms with E-state index in [1.807, 2.05) is 13.0 Å². The number of ether oxygens (including phenoxy) is 2. The van der Waals surface area contributed by atoms with Gasteiger partial charge in [-0.15, -0.1) is 0 Å². The molecule has 0 spiro atoms. The fourth-order valence-electron chi connectivity index (χ4n) is 6.31. The Bertz CT molecular complexity index is 797. The number of halogens is 2. The van der Waals surface area contributed by atoms with Crippen molar-refractivity contribution in [2.24, 2.45) is 17.8 Å². The Morgan fingerprint density at radius 3 is 2.21 bits per heavy atom. The van der Waals surface area contributed by atoms with E-state index in [0.29, 0.717) is 6.42 Å². The Kier molecular flexibility index (Phi) is 13.9. The van der Waals surface area contributed by atoms with E-state index in [0.717, 1.165) is 69.3 Å². The Balaban J connectivity index is 1.24. The molecule has 216 valence electrons. The lowest BCUT2D eigenvalue weighted by Crippen LogP contribution is -2.31. The zero-order valence-electron chi connectivity index (χ0n) is 24.0. The maximum Gasteiger partial charge on any atom is 0.309 e. The molecule has 2 aliphatic carbocycles. The number of hydrogen-bond donors (Lipinski definition) is 0. The van der Waals surface area contributed by atoms with Gasteiger partial charge in [0.2, 0.25) is 0 Å². The summed E-state index contributed by atoms with van der Waals surface area (Å²) in [4.78, 5) is 12.8. The van der Waals surface area contributed by atoms with Gasteiger partial charge in [0.15, 0.2) is 11.6 Å². The Hall–Kier alpha value is -1.65. The number of carbonyl (C=O) groups excluding carboxylic acids is 1. The van der Waals surface area contributed by atoms with Crippen molar-refractivity contribution < 1.29 is 23.0 Å². The summed E-state index contributed by atoms with van der Waals surface area (Å²) in [5, 5.41) is 0. The number of hydrogen-bond acceptors (Lipinski definition) is 3. The predicted molar refractivity (Wildman–Crippen MR) is 151 cm³/mol. The average Bonchev–Trinajstić information content (AvgIpc) is 2.93. The largest absolute Gasteiger partial charge is 0.487 e. The van der Waals surface area contributed by atoms with Gasteiger partial charge in [-0.1, -0.05) is 71.3 Å². The number of esters is 1. The van der Waals surface area contributed by atoms with E-state index < -0.39 is 12.0 Å². The zero-order valence-corrected chi connectivity index (χ0v) is 24.0. The molecule has 0 aliphatic heterocycles. The van der Waals surface area contributed by atoms with Crippen LogP contribution >= 0.6 is 0 Å². The summed E-state index contributed by atoms with van der Waals surface area (Å²) in [7, 11) is 0. The maximum atomic E-state index is 14.6. The van der Waals surface area contributed by atoms with Crippen molar-refractivity contribution >= 4 is 5.97 Å². The minimum atomic E-state index is -1.12. The van der Waals surface area contributed by atoms with Crippen LogP contribution in [0.5, 0.6) is 5.75 Å². The normalized spacial score (nSPS) is 24.6. The molecule has 0 amide bonds. The van der Waals surface area contributed by atoms with E-state index in [9.17, 15) is 13.6 Å². The van der Waals surface area contributed by atoms with Crippen LogP contribution in [0.1, 0.15) is 129 Å². The van der Waals surface area contributed by atoms with Gasteiger partial charge in [0.25, 0.3) is 0 Å². The third-order valence-corrected chi connectivity index (χ3v) is 8.89. The summed E-state index contributed by atoms with van der Waals surface area (Å²) in [5.41, 5.74) is 0.899. The van der Waals surface area contributed by atoms with Crippen LogP contribution in [0.15, 0.2) is 18.2 Å². The van der Waals surface area contributed by atoms with Crippen molar-refractivity contribution in [3.8, 4) is 5.75 Å². The van der Waals surface area contributed by atoms with Crippen molar-refractivity contribution in [1.82, 2.24) is 0 Å². The third kappa shape index (κ3) is 10.8. The summed E-state index contributed by atoms with van der Waals surface area (Å²) in [5.74, 6) is 0.800. The standard InChI is InChI=1S/C33H52F2O3/c1-3-5-6-7-8-9-10-11-26-12-17-28(18-13-26)33(36)38-30-19-14-27(15-20-30)22-29(34)24-37-32-21-16-25(4-2)23-31(32)35/h16,21,23,26-30H,3-15,17-20,22,24H2,1-2H3. The smallest absolute Gasteiger partial charge is 0.309 e. The van der Waals surface area contributed by atoms with Crippen molar-refractivity contribution in [2.45, 2.75) is 142 Å². The van der Waals surface area contributed by atoms with Crippen LogP contribution in [-0.2, 0) is 16.0 Å². The molecule has 0 radical (unpaired) electrons. The summed E-state index contributed by atoms with van der Waals surface area (Å²) in [6, 6.07) is 4.86. The lowest BCUT2D eigenvalue weighted by molar-refractivity contribution is -0.157. The average molecular weight is 535 g/mol. The van der Waals surface area contributed by atoms with Crippen LogP contribution in [0.3, 0.4) is 0 Å². The first-order valence-electron chi connectivity index (χ1n) is 15.7. The molecule has 1 atom stereocenters. The quantitative estimate of drug-likeness (QED) is 0.156. The van der Waals surface area contributed by atoms with Gasteiger partial charge in [-0.05, 0) is 93.7 Å². The van der Waals surface area contributed by atoms with Gasteiger partial charge in [0, 0.05) is 0 Å². The molecule has 5 heteroatoms. The zero-order chi connectivity index (χ0) is 27.2. The fraction of sp³-hybridized carbons (Fsp3) is 0.788. The van der Waals surface area contributed by atoms with Gasteiger partial charge in [-0.3, -0.25) is 4.79 Å². The summed E-state index contributed by atoms with van der Waals surface area (Å²) in [6.45, 7) is 4.10. The molecule has 1 aromatic carbocycles. The predicted octanol–water partition coefficient (Wildman–Crippen LogP) is 9.54. The molecule has 38 heavy (non-hydrogen) atoms. The highest BCUT2D eigenvalue weighted by Gasteiger charge is 2.31.